The number of hydrogen-bond donors (Lipinski definition) is 2. The number of hydrogen-bond acceptors (Lipinski definition) is 2. The lowest BCUT2D eigenvalue weighted by atomic mass is 9.77. The van der Waals surface area contributed by atoms with Crippen LogP contribution in [0.3, 0.4) is 0 Å². The summed E-state index contributed by atoms with van der Waals surface area (Å²) < 4.78 is 6.60. The smallest absolute Gasteiger partial charge is 0.315 e. The molecule has 0 bridgehead atoms. The average Bonchev–Trinajstić information content (AvgIpc) is 3.29. The number of ether oxygens (including phenoxy) is 1. The fourth-order valence-corrected chi connectivity index (χ4v) is 3.14. The van der Waals surface area contributed by atoms with Gasteiger partial charge in [-0.05, 0) is 55.2 Å². The molecule has 5 heteroatoms. The molecule has 0 aromatic heterocycles. The van der Waals surface area contributed by atoms with Crippen LogP contribution in [0.25, 0.3) is 0 Å². The molecule has 1 aromatic rings. The van der Waals surface area contributed by atoms with E-state index in [-0.39, 0.29) is 12.1 Å². The lowest BCUT2D eigenvalue weighted by Gasteiger charge is -2.34. The minimum absolute atomic E-state index is 0.0974. The Morgan fingerprint density at radius 3 is 2.57 bits per heavy atom. The standard InChI is InChI=1S/C18H25BrN2O2/c19-16-8-6-15(7-9-16)17(14-2-1-3-14)21-18(22)20-10-11-23-12-13-4-5-13/h6-9,13-14,17H,1-5,10-12H2,(H2,20,21,22). The summed E-state index contributed by atoms with van der Waals surface area (Å²) in [5.41, 5.74) is 1.18. The van der Waals surface area contributed by atoms with Crippen molar-refractivity contribution in [3.63, 3.8) is 0 Å². The number of carbonyl (C=O) groups excluding carboxylic acids is 1. The third-order valence-electron chi connectivity index (χ3n) is 4.72. The molecule has 3 rings (SSSR count). The maximum Gasteiger partial charge on any atom is 0.315 e. The summed E-state index contributed by atoms with van der Waals surface area (Å²) in [6.07, 6.45) is 6.22. The molecule has 4 nitrogen and oxygen atoms in total. The van der Waals surface area contributed by atoms with Crippen molar-refractivity contribution < 1.29 is 9.53 Å². The van der Waals surface area contributed by atoms with Gasteiger partial charge in [-0.15, -0.1) is 0 Å². The second-order valence-electron chi connectivity index (χ2n) is 6.64. The molecule has 0 saturated heterocycles. The second kappa shape index (κ2) is 8.15. The molecule has 2 saturated carbocycles. The Hall–Kier alpha value is -1.07. The first-order valence-corrected chi connectivity index (χ1v) is 9.39. The molecular formula is C18H25BrN2O2. The Morgan fingerprint density at radius 2 is 1.96 bits per heavy atom. The SMILES string of the molecule is O=C(NCCOCC1CC1)NC(c1ccc(Br)cc1)C1CCC1. The normalized spacial score (nSPS) is 19.0. The zero-order chi connectivity index (χ0) is 16.1. The van der Waals surface area contributed by atoms with Crippen LogP contribution in [0, 0.1) is 11.8 Å². The van der Waals surface area contributed by atoms with Crippen molar-refractivity contribution in [1.82, 2.24) is 10.6 Å². The first kappa shape index (κ1) is 16.8. The monoisotopic (exact) mass is 380 g/mol. The zero-order valence-corrected chi connectivity index (χ0v) is 15.0. The number of urea groups is 1. The first-order valence-electron chi connectivity index (χ1n) is 8.60. The van der Waals surface area contributed by atoms with Gasteiger partial charge in [-0.25, -0.2) is 4.79 Å². The van der Waals surface area contributed by atoms with E-state index in [0.29, 0.717) is 19.1 Å². The van der Waals surface area contributed by atoms with E-state index in [2.05, 4.69) is 38.7 Å². The van der Waals surface area contributed by atoms with Crippen LogP contribution in [0.2, 0.25) is 0 Å². The Labute approximate surface area is 146 Å². The predicted octanol–water partition coefficient (Wildman–Crippen LogP) is 4.02. The summed E-state index contributed by atoms with van der Waals surface area (Å²) in [6, 6.07) is 8.25. The second-order valence-corrected chi connectivity index (χ2v) is 7.55. The summed E-state index contributed by atoms with van der Waals surface area (Å²) in [4.78, 5) is 12.2. The van der Waals surface area contributed by atoms with E-state index >= 15 is 0 Å². The van der Waals surface area contributed by atoms with Gasteiger partial charge in [0.1, 0.15) is 0 Å². The lowest BCUT2D eigenvalue weighted by Crippen LogP contribution is -2.43. The molecule has 0 aliphatic heterocycles. The molecule has 1 unspecified atom stereocenters. The molecule has 1 atom stereocenters. The van der Waals surface area contributed by atoms with Crippen LogP contribution < -0.4 is 10.6 Å². The summed E-state index contributed by atoms with van der Waals surface area (Å²) >= 11 is 3.46. The van der Waals surface area contributed by atoms with Crippen molar-refractivity contribution in [1.29, 1.82) is 0 Å². The number of rotatable bonds is 8. The largest absolute Gasteiger partial charge is 0.379 e. The maximum atomic E-state index is 12.2. The number of carbonyl (C=O) groups is 1. The Bertz CT molecular complexity index is 512. The van der Waals surface area contributed by atoms with E-state index in [1.54, 1.807) is 0 Å². The van der Waals surface area contributed by atoms with Gasteiger partial charge < -0.3 is 15.4 Å². The van der Waals surface area contributed by atoms with Crippen LogP contribution in [-0.4, -0.2) is 25.8 Å². The molecule has 126 valence electrons. The molecule has 1 aromatic carbocycles. The quantitative estimate of drug-likeness (QED) is 0.669. The van der Waals surface area contributed by atoms with Gasteiger partial charge >= 0.3 is 6.03 Å². The average molecular weight is 381 g/mol. The van der Waals surface area contributed by atoms with Gasteiger partial charge in [-0.3, -0.25) is 0 Å². The van der Waals surface area contributed by atoms with Gasteiger partial charge in [-0.1, -0.05) is 34.5 Å². The van der Waals surface area contributed by atoms with Crippen LogP contribution in [0.1, 0.15) is 43.7 Å². The molecule has 0 spiro atoms. The van der Waals surface area contributed by atoms with E-state index in [9.17, 15) is 4.79 Å². The van der Waals surface area contributed by atoms with Crippen molar-refractivity contribution >= 4 is 22.0 Å². The van der Waals surface area contributed by atoms with E-state index in [0.717, 1.165) is 17.0 Å². The third-order valence-corrected chi connectivity index (χ3v) is 5.25. The fraction of sp³-hybridized carbons (Fsp3) is 0.611. The third kappa shape index (κ3) is 5.21. The van der Waals surface area contributed by atoms with Crippen LogP contribution in [0.15, 0.2) is 28.7 Å². The van der Waals surface area contributed by atoms with E-state index in [1.807, 2.05) is 12.1 Å². The Balaban J connectivity index is 1.45. The number of benzene rings is 1. The number of nitrogens with one attached hydrogen (secondary N) is 2. The molecule has 2 aliphatic rings. The van der Waals surface area contributed by atoms with Crippen LogP contribution in [0.5, 0.6) is 0 Å². The fourth-order valence-electron chi connectivity index (χ4n) is 2.88. The highest BCUT2D eigenvalue weighted by molar-refractivity contribution is 9.10. The van der Waals surface area contributed by atoms with Gasteiger partial charge in [-0.2, -0.15) is 0 Å². The molecule has 23 heavy (non-hydrogen) atoms. The van der Waals surface area contributed by atoms with Gasteiger partial charge in [0.05, 0.1) is 12.6 Å². The van der Waals surface area contributed by atoms with Gasteiger partial charge in [0.15, 0.2) is 0 Å². The zero-order valence-electron chi connectivity index (χ0n) is 13.4. The van der Waals surface area contributed by atoms with E-state index in [4.69, 9.17) is 4.74 Å². The molecule has 2 fully saturated rings. The number of halogens is 1. The van der Waals surface area contributed by atoms with E-state index < -0.39 is 0 Å². The molecular weight excluding hydrogens is 356 g/mol. The highest BCUT2D eigenvalue weighted by Gasteiger charge is 2.29. The van der Waals surface area contributed by atoms with Crippen LogP contribution >= 0.6 is 15.9 Å². The van der Waals surface area contributed by atoms with Crippen LogP contribution in [0.4, 0.5) is 4.79 Å². The Morgan fingerprint density at radius 1 is 1.22 bits per heavy atom. The first-order chi connectivity index (χ1) is 11.2. The Kier molecular flexibility index (Phi) is 5.95. The summed E-state index contributed by atoms with van der Waals surface area (Å²) in [5.74, 6) is 1.32. The lowest BCUT2D eigenvalue weighted by molar-refractivity contribution is 0.126. The van der Waals surface area contributed by atoms with Gasteiger partial charge in [0, 0.05) is 17.6 Å². The van der Waals surface area contributed by atoms with Crippen molar-refractivity contribution in [3.05, 3.63) is 34.3 Å². The van der Waals surface area contributed by atoms with Gasteiger partial charge in [0.2, 0.25) is 0 Å². The molecule has 2 N–H and O–H groups in total. The van der Waals surface area contributed by atoms with Crippen molar-refractivity contribution in [2.45, 2.75) is 38.1 Å². The van der Waals surface area contributed by atoms with Crippen LogP contribution in [-0.2, 0) is 4.74 Å². The highest BCUT2D eigenvalue weighted by atomic mass is 79.9. The van der Waals surface area contributed by atoms with Crippen molar-refractivity contribution in [3.8, 4) is 0 Å². The topological polar surface area (TPSA) is 50.4 Å². The molecule has 2 amide bonds. The maximum absolute atomic E-state index is 12.2. The molecule has 0 radical (unpaired) electrons. The van der Waals surface area contributed by atoms with E-state index in [1.165, 1.54) is 37.7 Å². The summed E-state index contributed by atoms with van der Waals surface area (Å²) in [5, 5.41) is 6.05. The minimum Gasteiger partial charge on any atom is -0.379 e. The molecule has 2 aliphatic carbocycles. The predicted molar refractivity (Wildman–Crippen MR) is 94.3 cm³/mol. The van der Waals surface area contributed by atoms with Crippen molar-refractivity contribution in [2.24, 2.45) is 11.8 Å². The molecule has 0 heterocycles. The minimum atomic E-state index is -0.0974. The summed E-state index contributed by atoms with van der Waals surface area (Å²) in [6.45, 7) is 2.00. The number of amides is 2. The highest BCUT2D eigenvalue weighted by Crippen LogP contribution is 2.37. The van der Waals surface area contributed by atoms with Crippen molar-refractivity contribution in [2.75, 3.05) is 19.8 Å². The van der Waals surface area contributed by atoms with Gasteiger partial charge in [0.25, 0.3) is 0 Å². The summed E-state index contributed by atoms with van der Waals surface area (Å²) in [7, 11) is 0.